The van der Waals surface area contributed by atoms with Crippen molar-refractivity contribution >= 4 is 31.9 Å². The topological polar surface area (TPSA) is 72.5 Å². The molecule has 0 aliphatic carbocycles. The molecule has 8 heteroatoms. The molecule has 5 nitrogen and oxygen atoms in total. The van der Waals surface area contributed by atoms with Crippen LogP contribution in [0.4, 0.5) is 4.39 Å². The predicted octanol–water partition coefficient (Wildman–Crippen LogP) is 1.82. The number of carbonyl (C=O) groups is 1. The molecule has 0 saturated heterocycles. The minimum absolute atomic E-state index is 0.136. The summed E-state index contributed by atoms with van der Waals surface area (Å²) in [4.78, 5) is 10.8. The van der Waals surface area contributed by atoms with Gasteiger partial charge >= 0.3 is 5.97 Å². The summed E-state index contributed by atoms with van der Waals surface area (Å²) in [6.45, 7) is 3.07. The van der Waals surface area contributed by atoms with Gasteiger partial charge in [0.15, 0.2) is 0 Å². The SMILES string of the molecule is CCOC(=O)C(C)NS(=O)(=O)c1ccc(Br)cc1F. The second kappa shape index (κ2) is 6.44. The molecule has 1 unspecified atom stereocenters. The highest BCUT2D eigenvalue weighted by atomic mass is 79.9. The maximum absolute atomic E-state index is 13.6. The lowest BCUT2D eigenvalue weighted by Crippen LogP contribution is -2.39. The van der Waals surface area contributed by atoms with Gasteiger partial charge in [0.25, 0.3) is 0 Å². The van der Waals surface area contributed by atoms with Crippen molar-refractivity contribution in [1.82, 2.24) is 4.72 Å². The Kier molecular flexibility index (Phi) is 5.45. The Morgan fingerprint density at radius 2 is 2.16 bits per heavy atom. The first-order valence-corrected chi connectivity index (χ1v) is 7.69. The van der Waals surface area contributed by atoms with Crippen molar-refractivity contribution in [3.8, 4) is 0 Å². The highest BCUT2D eigenvalue weighted by Gasteiger charge is 2.25. The van der Waals surface area contributed by atoms with Crippen molar-refractivity contribution in [3.63, 3.8) is 0 Å². The van der Waals surface area contributed by atoms with E-state index in [4.69, 9.17) is 0 Å². The van der Waals surface area contributed by atoms with E-state index in [0.717, 1.165) is 12.1 Å². The molecule has 0 amide bonds. The van der Waals surface area contributed by atoms with E-state index in [1.165, 1.54) is 13.0 Å². The highest BCUT2D eigenvalue weighted by Crippen LogP contribution is 2.19. The van der Waals surface area contributed by atoms with Crippen LogP contribution in [0.1, 0.15) is 13.8 Å². The molecule has 0 spiro atoms. The lowest BCUT2D eigenvalue weighted by molar-refractivity contribution is -0.144. The Bertz CT molecular complexity index is 576. The first-order chi connectivity index (χ1) is 8.77. The number of esters is 1. The first kappa shape index (κ1) is 16.1. The van der Waals surface area contributed by atoms with E-state index >= 15 is 0 Å². The predicted molar refractivity (Wildman–Crippen MR) is 70.5 cm³/mol. The van der Waals surface area contributed by atoms with Crippen LogP contribution in [0.2, 0.25) is 0 Å². The molecular weight excluding hydrogens is 341 g/mol. The van der Waals surface area contributed by atoms with Gasteiger partial charge in [-0.15, -0.1) is 0 Å². The zero-order chi connectivity index (χ0) is 14.6. The number of ether oxygens (including phenoxy) is 1. The normalized spacial score (nSPS) is 13.1. The molecule has 0 fully saturated rings. The summed E-state index contributed by atoms with van der Waals surface area (Å²) in [5.74, 6) is -1.62. The Balaban J connectivity index is 2.95. The van der Waals surface area contributed by atoms with Gasteiger partial charge in [-0.25, -0.2) is 12.8 Å². The summed E-state index contributed by atoms with van der Waals surface area (Å²) in [7, 11) is -4.12. The van der Waals surface area contributed by atoms with Crippen molar-refractivity contribution < 1.29 is 22.3 Å². The van der Waals surface area contributed by atoms with Gasteiger partial charge in [-0.1, -0.05) is 15.9 Å². The average Bonchev–Trinajstić information content (AvgIpc) is 2.27. The summed E-state index contributed by atoms with van der Waals surface area (Å²) in [6, 6.07) is 2.45. The van der Waals surface area contributed by atoms with Crippen molar-refractivity contribution in [2.75, 3.05) is 6.61 Å². The standard InChI is InChI=1S/C11H13BrFNO4S/c1-3-18-11(15)7(2)14-19(16,17)10-5-4-8(12)6-9(10)13/h4-7,14H,3H2,1-2H3. The van der Waals surface area contributed by atoms with Crippen molar-refractivity contribution in [3.05, 3.63) is 28.5 Å². The number of sulfonamides is 1. The van der Waals surface area contributed by atoms with E-state index in [-0.39, 0.29) is 6.61 Å². The van der Waals surface area contributed by atoms with E-state index in [9.17, 15) is 17.6 Å². The van der Waals surface area contributed by atoms with Gasteiger partial charge in [0.2, 0.25) is 10.0 Å². The lowest BCUT2D eigenvalue weighted by Gasteiger charge is -2.13. The van der Waals surface area contributed by atoms with E-state index in [1.807, 2.05) is 0 Å². The van der Waals surface area contributed by atoms with Crippen LogP contribution in [-0.4, -0.2) is 27.0 Å². The number of benzene rings is 1. The number of rotatable bonds is 5. The molecule has 106 valence electrons. The third-order valence-electron chi connectivity index (χ3n) is 2.16. The van der Waals surface area contributed by atoms with Crippen LogP contribution in [0.3, 0.4) is 0 Å². The van der Waals surface area contributed by atoms with Crippen molar-refractivity contribution in [2.45, 2.75) is 24.8 Å². The van der Waals surface area contributed by atoms with Gasteiger partial charge in [-0.05, 0) is 32.0 Å². The molecule has 0 radical (unpaired) electrons. The average molecular weight is 354 g/mol. The minimum Gasteiger partial charge on any atom is -0.465 e. The molecule has 0 aliphatic heterocycles. The summed E-state index contributed by atoms with van der Waals surface area (Å²) in [5, 5.41) is 0. The van der Waals surface area contributed by atoms with Gasteiger partial charge in [0, 0.05) is 4.47 Å². The maximum Gasteiger partial charge on any atom is 0.323 e. The van der Waals surface area contributed by atoms with Crippen LogP contribution < -0.4 is 4.72 Å². The van der Waals surface area contributed by atoms with E-state index in [2.05, 4.69) is 25.4 Å². The molecule has 1 atom stereocenters. The quantitative estimate of drug-likeness (QED) is 0.819. The molecule has 1 aromatic carbocycles. The Hall–Kier alpha value is -0.990. The number of halogens is 2. The monoisotopic (exact) mass is 353 g/mol. The molecular formula is C11H13BrFNO4S. The van der Waals surface area contributed by atoms with Crippen LogP contribution in [0, 0.1) is 5.82 Å². The fraction of sp³-hybridized carbons (Fsp3) is 0.364. The summed E-state index contributed by atoms with van der Waals surface area (Å²) < 4.78 is 44.5. The van der Waals surface area contributed by atoms with E-state index in [0.29, 0.717) is 4.47 Å². The number of hydrogen-bond acceptors (Lipinski definition) is 4. The largest absolute Gasteiger partial charge is 0.465 e. The van der Waals surface area contributed by atoms with Crippen LogP contribution >= 0.6 is 15.9 Å². The fourth-order valence-electron chi connectivity index (χ4n) is 1.30. The minimum atomic E-state index is -4.12. The van der Waals surface area contributed by atoms with Crippen molar-refractivity contribution in [2.24, 2.45) is 0 Å². The smallest absolute Gasteiger partial charge is 0.323 e. The van der Waals surface area contributed by atoms with E-state index in [1.54, 1.807) is 6.92 Å². The van der Waals surface area contributed by atoms with Crippen LogP contribution in [0.15, 0.2) is 27.6 Å². The second-order valence-electron chi connectivity index (χ2n) is 3.67. The van der Waals surface area contributed by atoms with Crippen LogP contribution in [0.25, 0.3) is 0 Å². The molecule has 0 saturated carbocycles. The number of hydrogen-bond donors (Lipinski definition) is 1. The summed E-state index contributed by atoms with van der Waals surface area (Å²) in [6.07, 6.45) is 0. The first-order valence-electron chi connectivity index (χ1n) is 5.42. The molecule has 19 heavy (non-hydrogen) atoms. The number of carbonyl (C=O) groups excluding carboxylic acids is 1. The Morgan fingerprint density at radius 1 is 1.53 bits per heavy atom. The van der Waals surface area contributed by atoms with Gasteiger partial charge < -0.3 is 4.74 Å². The second-order valence-corrected chi connectivity index (χ2v) is 6.27. The van der Waals surface area contributed by atoms with E-state index < -0.39 is 32.7 Å². The molecule has 1 rings (SSSR count). The zero-order valence-electron chi connectivity index (χ0n) is 10.3. The molecule has 1 N–H and O–H groups in total. The van der Waals surface area contributed by atoms with Gasteiger partial charge in [0.05, 0.1) is 6.61 Å². The molecule has 0 aromatic heterocycles. The molecule has 0 aliphatic rings. The van der Waals surface area contributed by atoms with Crippen LogP contribution in [-0.2, 0) is 19.6 Å². The van der Waals surface area contributed by atoms with Gasteiger partial charge in [0.1, 0.15) is 16.8 Å². The third kappa shape index (κ3) is 4.26. The summed E-state index contributed by atoms with van der Waals surface area (Å²) >= 11 is 3.03. The van der Waals surface area contributed by atoms with Gasteiger partial charge in [-0.2, -0.15) is 4.72 Å². The van der Waals surface area contributed by atoms with Crippen LogP contribution in [0.5, 0.6) is 0 Å². The molecule has 1 aromatic rings. The molecule has 0 bridgehead atoms. The third-order valence-corrected chi connectivity index (χ3v) is 4.22. The Morgan fingerprint density at radius 3 is 2.68 bits per heavy atom. The fourth-order valence-corrected chi connectivity index (χ4v) is 2.89. The lowest BCUT2D eigenvalue weighted by atomic mass is 10.3. The van der Waals surface area contributed by atoms with Crippen molar-refractivity contribution in [1.29, 1.82) is 0 Å². The number of nitrogens with one attached hydrogen (secondary N) is 1. The maximum atomic E-state index is 13.6. The summed E-state index contributed by atoms with van der Waals surface area (Å²) in [5.41, 5.74) is 0. The van der Waals surface area contributed by atoms with Gasteiger partial charge in [-0.3, -0.25) is 4.79 Å². The zero-order valence-corrected chi connectivity index (χ0v) is 12.7. The molecule has 0 heterocycles. The highest BCUT2D eigenvalue weighted by molar-refractivity contribution is 9.10. The Labute approximate surface area is 119 Å².